The Kier molecular flexibility index (Phi) is 4.61. The summed E-state index contributed by atoms with van der Waals surface area (Å²) in [5.74, 6) is -0.514. The zero-order valence-electron chi connectivity index (χ0n) is 10.6. The molecule has 1 aromatic carbocycles. The number of hydrogen-bond acceptors (Lipinski definition) is 2. The minimum absolute atomic E-state index is 0.0232. The molecule has 2 amide bonds. The molecule has 1 aliphatic heterocycles. The number of urea groups is 1. The Morgan fingerprint density at radius 3 is 3.00 bits per heavy atom. The van der Waals surface area contributed by atoms with Crippen LogP contribution in [0.15, 0.2) is 18.2 Å². The Bertz CT molecular complexity index is 464. The zero-order valence-corrected chi connectivity index (χ0v) is 11.3. The second-order valence-corrected chi connectivity index (χ2v) is 4.97. The highest BCUT2D eigenvalue weighted by molar-refractivity contribution is 6.31. The first-order valence-electron chi connectivity index (χ1n) is 6.20. The van der Waals surface area contributed by atoms with E-state index >= 15 is 0 Å². The minimum atomic E-state index is -0.514. The zero-order chi connectivity index (χ0) is 13.8. The third kappa shape index (κ3) is 3.81. The lowest BCUT2D eigenvalue weighted by Crippen LogP contribution is -2.42. The quantitative estimate of drug-likeness (QED) is 0.897. The van der Waals surface area contributed by atoms with Crippen molar-refractivity contribution in [1.82, 2.24) is 5.32 Å². The van der Waals surface area contributed by atoms with Gasteiger partial charge in [-0.25, -0.2) is 9.18 Å². The molecular formula is C13H16ClFN2O2. The average Bonchev–Trinajstić information content (AvgIpc) is 2.87. The Labute approximate surface area is 116 Å². The molecule has 0 aliphatic carbocycles. The molecule has 1 aliphatic rings. The number of carbonyl (C=O) groups is 1. The van der Waals surface area contributed by atoms with Gasteiger partial charge in [0.2, 0.25) is 0 Å². The molecule has 104 valence electrons. The number of amides is 2. The van der Waals surface area contributed by atoms with Gasteiger partial charge in [-0.2, -0.15) is 0 Å². The lowest BCUT2D eigenvalue weighted by molar-refractivity contribution is 0.0868. The Hall–Kier alpha value is -1.33. The number of anilines is 1. The van der Waals surface area contributed by atoms with Crippen molar-refractivity contribution in [3.63, 3.8) is 0 Å². The van der Waals surface area contributed by atoms with Crippen LogP contribution in [-0.2, 0) is 4.74 Å². The van der Waals surface area contributed by atoms with Crippen molar-refractivity contribution in [2.75, 3.05) is 11.9 Å². The predicted octanol–water partition coefficient (Wildman–Crippen LogP) is 3.17. The molecule has 1 aromatic rings. The maximum Gasteiger partial charge on any atom is 0.319 e. The first-order chi connectivity index (χ1) is 9.06. The smallest absolute Gasteiger partial charge is 0.319 e. The van der Waals surface area contributed by atoms with Gasteiger partial charge in [0.15, 0.2) is 0 Å². The van der Waals surface area contributed by atoms with E-state index in [-0.39, 0.29) is 23.2 Å². The SMILES string of the molecule is C[C@H](NC(=O)Nc1ccc(F)c(Cl)c1)[C@@H]1CCCO1. The fourth-order valence-corrected chi connectivity index (χ4v) is 2.22. The first kappa shape index (κ1) is 14.1. The van der Waals surface area contributed by atoms with Gasteiger partial charge in [-0.05, 0) is 38.0 Å². The number of hydrogen-bond donors (Lipinski definition) is 2. The van der Waals surface area contributed by atoms with Crippen molar-refractivity contribution in [2.45, 2.75) is 31.9 Å². The largest absolute Gasteiger partial charge is 0.376 e. The highest BCUT2D eigenvalue weighted by Crippen LogP contribution is 2.19. The van der Waals surface area contributed by atoms with Crippen LogP contribution in [0, 0.1) is 5.82 Å². The maximum atomic E-state index is 13.0. The standard InChI is InChI=1S/C13H16ClFN2O2/c1-8(12-3-2-6-19-12)16-13(18)17-9-4-5-11(15)10(14)7-9/h4-5,7-8,12H,2-3,6H2,1H3,(H2,16,17,18)/t8-,12-/m0/s1. The number of benzene rings is 1. The van der Waals surface area contributed by atoms with Crippen LogP contribution < -0.4 is 10.6 Å². The molecule has 1 saturated heterocycles. The van der Waals surface area contributed by atoms with Crippen LogP contribution in [0.1, 0.15) is 19.8 Å². The topological polar surface area (TPSA) is 50.4 Å². The molecule has 1 fully saturated rings. The van der Waals surface area contributed by atoms with Crippen LogP contribution in [0.2, 0.25) is 5.02 Å². The van der Waals surface area contributed by atoms with Crippen molar-refractivity contribution >= 4 is 23.3 Å². The molecule has 0 unspecified atom stereocenters. The summed E-state index contributed by atoms with van der Waals surface area (Å²) in [4.78, 5) is 11.8. The average molecular weight is 287 g/mol. The van der Waals surface area contributed by atoms with Crippen LogP contribution >= 0.6 is 11.6 Å². The highest BCUT2D eigenvalue weighted by atomic mass is 35.5. The van der Waals surface area contributed by atoms with Crippen molar-refractivity contribution in [2.24, 2.45) is 0 Å². The lowest BCUT2D eigenvalue weighted by atomic mass is 10.1. The number of halogens is 2. The summed E-state index contributed by atoms with van der Waals surface area (Å²) < 4.78 is 18.5. The van der Waals surface area contributed by atoms with Crippen LogP contribution in [0.25, 0.3) is 0 Å². The van der Waals surface area contributed by atoms with Gasteiger partial charge in [0, 0.05) is 12.3 Å². The van der Waals surface area contributed by atoms with E-state index < -0.39 is 5.82 Å². The molecule has 0 bridgehead atoms. The van der Waals surface area contributed by atoms with E-state index in [0.717, 1.165) is 19.4 Å². The normalized spacial score (nSPS) is 20.1. The van der Waals surface area contributed by atoms with Gasteiger partial charge in [0.25, 0.3) is 0 Å². The summed E-state index contributed by atoms with van der Waals surface area (Å²) >= 11 is 5.64. The van der Waals surface area contributed by atoms with E-state index in [1.165, 1.54) is 18.2 Å². The van der Waals surface area contributed by atoms with Crippen molar-refractivity contribution in [3.05, 3.63) is 29.0 Å². The number of ether oxygens (including phenoxy) is 1. The molecule has 6 heteroatoms. The molecule has 2 atom stereocenters. The second kappa shape index (κ2) is 6.21. The molecule has 0 radical (unpaired) electrons. The lowest BCUT2D eigenvalue weighted by Gasteiger charge is -2.20. The fourth-order valence-electron chi connectivity index (χ4n) is 2.04. The summed E-state index contributed by atoms with van der Waals surface area (Å²) in [6.45, 7) is 2.64. The van der Waals surface area contributed by atoms with Crippen LogP contribution in [-0.4, -0.2) is 24.8 Å². The Morgan fingerprint density at radius 1 is 1.58 bits per heavy atom. The van der Waals surface area contributed by atoms with E-state index in [4.69, 9.17) is 16.3 Å². The van der Waals surface area contributed by atoms with Gasteiger partial charge in [0.05, 0.1) is 17.2 Å². The monoisotopic (exact) mass is 286 g/mol. The van der Waals surface area contributed by atoms with Gasteiger partial charge in [-0.15, -0.1) is 0 Å². The van der Waals surface area contributed by atoms with E-state index in [1.807, 2.05) is 6.92 Å². The van der Waals surface area contributed by atoms with Crippen LogP contribution in [0.5, 0.6) is 0 Å². The third-order valence-corrected chi connectivity index (χ3v) is 3.35. The Morgan fingerprint density at radius 2 is 2.37 bits per heavy atom. The third-order valence-electron chi connectivity index (χ3n) is 3.06. The summed E-state index contributed by atoms with van der Waals surface area (Å²) in [6.07, 6.45) is 2.03. The molecule has 2 N–H and O–H groups in total. The number of carbonyl (C=O) groups excluding carboxylic acids is 1. The molecule has 4 nitrogen and oxygen atoms in total. The van der Waals surface area contributed by atoms with E-state index in [0.29, 0.717) is 5.69 Å². The Balaban J connectivity index is 1.88. The van der Waals surface area contributed by atoms with Crippen molar-refractivity contribution < 1.29 is 13.9 Å². The molecule has 0 spiro atoms. The molecule has 2 rings (SSSR count). The van der Waals surface area contributed by atoms with Gasteiger partial charge in [-0.3, -0.25) is 0 Å². The molecule has 1 heterocycles. The molecule has 0 aromatic heterocycles. The van der Waals surface area contributed by atoms with Gasteiger partial charge in [-0.1, -0.05) is 11.6 Å². The first-order valence-corrected chi connectivity index (χ1v) is 6.58. The van der Waals surface area contributed by atoms with Gasteiger partial charge in [0.1, 0.15) is 5.82 Å². The summed E-state index contributed by atoms with van der Waals surface area (Å²) in [5, 5.41) is 5.38. The van der Waals surface area contributed by atoms with Crippen LogP contribution in [0.3, 0.4) is 0 Å². The predicted molar refractivity (Wildman–Crippen MR) is 72.0 cm³/mol. The van der Waals surface area contributed by atoms with E-state index in [1.54, 1.807) is 0 Å². The summed E-state index contributed by atoms with van der Waals surface area (Å²) in [6, 6.07) is 3.61. The summed E-state index contributed by atoms with van der Waals surface area (Å²) in [5.41, 5.74) is 0.448. The maximum absolute atomic E-state index is 13.0. The van der Waals surface area contributed by atoms with Gasteiger partial charge >= 0.3 is 6.03 Å². The fraction of sp³-hybridized carbons (Fsp3) is 0.462. The van der Waals surface area contributed by atoms with Crippen LogP contribution in [0.4, 0.5) is 14.9 Å². The van der Waals surface area contributed by atoms with Crippen molar-refractivity contribution in [1.29, 1.82) is 0 Å². The van der Waals surface area contributed by atoms with Crippen molar-refractivity contribution in [3.8, 4) is 0 Å². The molecular weight excluding hydrogens is 271 g/mol. The second-order valence-electron chi connectivity index (χ2n) is 4.57. The molecule has 19 heavy (non-hydrogen) atoms. The number of nitrogens with one attached hydrogen (secondary N) is 2. The van der Waals surface area contributed by atoms with E-state index in [2.05, 4.69) is 10.6 Å². The number of rotatable bonds is 3. The minimum Gasteiger partial charge on any atom is -0.376 e. The van der Waals surface area contributed by atoms with E-state index in [9.17, 15) is 9.18 Å². The highest BCUT2D eigenvalue weighted by Gasteiger charge is 2.23. The summed E-state index contributed by atoms with van der Waals surface area (Å²) in [7, 11) is 0. The van der Waals surface area contributed by atoms with Gasteiger partial charge < -0.3 is 15.4 Å². The molecule has 0 saturated carbocycles.